The highest BCUT2D eigenvalue weighted by molar-refractivity contribution is 7.80. The minimum atomic E-state index is 0.0411. The molecule has 6 heteroatoms. The lowest BCUT2D eigenvalue weighted by Crippen LogP contribution is -2.42. The number of ether oxygens (including phenoxy) is 1. The molecule has 2 fully saturated rings. The quantitative estimate of drug-likeness (QED) is 0.562. The molecule has 0 aromatic heterocycles. The molecular weight excluding hydrogens is 392 g/mol. The highest BCUT2D eigenvalue weighted by Gasteiger charge is 2.28. The largest absolute Gasteiger partial charge is 0.401 e. The van der Waals surface area contributed by atoms with Crippen LogP contribution in [-0.2, 0) is 11.2 Å². The van der Waals surface area contributed by atoms with Crippen LogP contribution < -0.4 is 16.0 Å². The number of benzene rings is 1. The van der Waals surface area contributed by atoms with E-state index in [2.05, 4.69) is 66.5 Å². The van der Waals surface area contributed by atoms with Crippen LogP contribution in [0, 0.1) is 5.92 Å². The van der Waals surface area contributed by atoms with E-state index in [1.807, 2.05) is 6.20 Å². The molecule has 0 radical (unpaired) electrons. The summed E-state index contributed by atoms with van der Waals surface area (Å²) in [4.78, 5) is 4.77. The van der Waals surface area contributed by atoms with Gasteiger partial charge in [0.1, 0.15) is 5.44 Å². The minimum absolute atomic E-state index is 0.0411. The van der Waals surface area contributed by atoms with Crippen LogP contribution in [0.2, 0.25) is 0 Å². The maximum Gasteiger partial charge on any atom is 0.102 e. The number of fused-ring (bicyclic) bond motifs is 1. The number of anilines is 1. The molecule has 4 atom stereocenters. The fourth-order valence-electron chi connectivity index (χ4n) is 4.74. The van der Waals surface area contributed by atoms with Gasteiger partial charge in [0.2, 0.25) is 0 Å². The monoisotopic (exact) mass is 428 g/mol. The number of hydrogen-bond acceptors (Lipinski definition) is 6. The van der Waals surface area contributed by atoms with Crippen LogP contribution in [0.3, 0.4) is 0 Å². The summed E-state index contributed by atoms with van der Waals surface area (Å²) in [6.07, 6.45) is 7.35. The molecule has 1 aromatic carbocycles. The lowest BCUT2D eigenvalue weighted by atomic mass is 10.0. The van der Waals surface area contributed by atoms with E-state index >= 15 is 0 Å². The first kappa shape index (κ1) is 21.6. The van der Waals surface area contributed by atoms with Crippen LogP contribution in [0.1, 0.15) is 43.7 Å². The predicted molar refractivity (Wildman–Crippen MR) is 128 cm³/mol. The Morgan fingerprint density at radius 1 is 1.40 bits per heavy atom. The summed E-state index contributed by atoms with van der Waals surface area (Å²) in [5.74, 6) is 0.559. The van der Waals surface area contributed by atoms with Crippen molar-refractivity contribution in [2.24, 2.45) is 11.7 Å². The van der Waals surface area contributed by atoms with Gasteiger partial charge in [0.15, 0.2) is 0 Å². The van der Waals surface area contributed by atoms with E-state index in [1.54, 1.807) is 0 Å². The topological polar surface area (TPSA) is 53.8 Å². The molecule has 2 heterocycles. The second kappa shape index (κ2) is 9.25. The van der Waals surface area contributed by atoms with Gasteiger partial charge in [-0.1, -0.05) is 12.6 Å². The van der Waals surface area contributed by atoms with Gasteiger partial charge < -0.3 is 25.6 Å². The number of thiol groups is 1. The second-order valence-electron chi connectivity index (χ2n) is 9.26. The first-order chi connectivity index (χ1) is 14.4. The van der Waals surface area contributed by atoms with Crippen LogP contribution in [0.4, 0.5) is 5.69 Å². The lowest BCUT2D eigenvalue weighted by Gasteiger charge is -2.37. The molecular formula is C24H36N4OS. The van der Waals surface area contributed by atoms with Crippen molar-refractivity contribution in [2.75, 3.05) is 31.6 Å². The molecule has 164 valence electrons. The molecule has 1 aromatic rings. The smallest absolute Gasteiger partial charge is 0.102 e. The molecule has 4 rings (SSSR count). The van der Waals surface area contributed by atoms with E-state index in [0.717, 1.165) is 57.4 Å². The first-order valence-corrected chi connectivity index (χ1v) is 11.7. The third-order valence-corrected chi connectivity index (χ3v) is 6.97. The van der Waals surface area contributed by atoms with Crippen molar-refractivity contribution in [3.8, 4) is 0 Å². The van der Waals surface area contributed by atoms with E-state index in [4.69, 9.17) is 10.5 Å². The Morgan fingerprint density at radius 2 is 2.23 bits per heavy atom. The third kappa shape index (κ3) is 5.34. The lowest BCUT2D eigenvalue weighted by molar-refractivity contribution is -0.0280. The molecule has 1 aliphatic carbocycles. The first-order valence-electron chi connectivity index (χ1n) is 11.2. The van der Waals surface area contributed by atoms with Crippen molar-refractivity contribution in [1.29, 1.82) is 0 Å². The standard InChI is InChI=1S/C24H36N4OS/c1-16-8-18(15-28(16)22-5-4-19-10-20(19)11-22)13-26-14-21(25)6-7-27(3)23-9-17(2)29-24(30)12-23/h4-5,11,14,17-18,23-24,26,30H,1,6-10,12-13,15,25H2,2-3H3/b21-14-. The second-order valence-corrected chi connectivity index (χ2v) is 9.84. The third-order valence-electron chi connectivity index (χ3n) is 6.64. The Balaban J connectivity index is 1.18. The Kier molecular flexibility index (Phi) is 6.66. The molecule has 2 saturated heterocycles. The molecule has 2 aliphatic heterocycles. The Bertz CT molecular complexity index is 800. The van der Waals surface area contributed by atoms with Crippen molar-refractivity contribution in [2.45, 2.75) is 56.6 Å². The number of nitrogens with two attached hydrogens (primary N) is 1. The van der Waals surface area contributed by atoms with Gasteiger partial charge >= 0.3 is 0 Å². The van der Waals surface area contributed by atoms with Crippen LogP contribution >= 0.6 is 12.6 Å². The van der Waals surface area contributed by atoms with Crippen molar-refractivity contribution < 1.29 is 4.74 Å². The van der Waals surface area contributed by atoms with E-state index in [1.165, 1.54) is 22.5 Å². The van der Waals surface area contributed by atoms with Gasteiger partial charge in [0.25, 0.3) is 0 Å². The summed E-state index contributed by atoms with van der Waals surface area (Å²) in [7, 11) is 2.18. The number of allylic oxidation sites excluding steroid dienone is 1. The molecule has 0 amide bonds. The summed E-state index contributed by atoms with van der Waals surface area (Å²) in [6, 6.07) is 7.32. The van der Waals surface area contributed by atoms with E-state index in [0.29, 0.717) is 12.0 Å². The summed E-state index contributed by atoms with van der Waals surface area (Å²) in [6.45, 7) is 9.32. The number of hydrogen-bond donors (Lipinski definition) is 3. The molecule has 3 N–H and O–H groups in total. The van der Waals surface area contributed by atoms with Crippen molar-refractivity contribution in [3.63, 3.8) is 0 Å². The maximum atomic E-state index is 6.26. The molecule has 0 bridgehead atoms. The summed E-state index contributed by atoms with van der Waals surface area (Å²) in [5, 5.41) is 3.45. The van der Waals surface area contributed by atoms with Crippen molar-refractivity contribution >= 4 is 18.3 Å². The van der Waals surface area contributed by atoms with Gasteiger partial charge in [0.05, 0.1) is 6.10 Å². The Morgan fingerprint density at radius 3 is 3.00 bits per heavy atom. The van der Waals surface area contributed by atoms with Crippen LogP contribution in [0.15, 0.2) is 42.4 Å². The molecule has 3 aliphatic rings. The number of nitrogens with one attached hydrogen (secondary N) is 1. The molecule has 0 spiro atoms. The van der Waals surface area contributed by atoms with E-state index in [9.17, 15) is 0 Å². The van der Waals surface area contributed by atoms with Crippen LogP contribution in [-0.4, -0.2) is 49.2 Å². The minimum Gasteiger partial charge on any atom is -0.401 e. The highest BCUT2D eigenvalue weighted by Crippen LogP contribution is 2.36. The van der Waals surface area contributed by atoms with Crippen LogP contribution in [0.25, 0.3) is 0 Å². The SMILES string of the molecule is C=C1CC(CN/C=C(\N)CCN(C)C2CC(C)OC(S)C2)CN1c1ccc2c(c1)C2. The van der Waals surface area contributed by atoms with Gasteiger partial charge in [-0.3, -0.25) is 0 Å². The predicted octanol–water partition coefficient (Wildman–Crippen LogP) is 3.47. The Hall–Kier alpha value is -1.63. The maximum absolute atomic E-state index is 6.26. The normalized spacial score (nSPS) is 28.7. The van der Waals surface area contributed by atoms with Crippen molar-refractivity contribution in [1.82, 2.24) is 10.2 Å². The zero-order valence-electron chi connectivity index (χ0n) is 18.3. The van der Waals surface area contributed by atoms with Gasteiger partial charge in [0, 0.05) is 55.4 Å². The average Bonchev–Trinajstić information content (AvgIpc) is 3.39. The van der Waals surface area contributed by atoms with E-state index < -0.39 is 0 Å². The molecule has 5 nitrogen and oxygen atoms in total. The zero-order valence-corrected chi connectivity index (χ0v) is 19.2. The highest BCUT2D eigenvalue weighted by atomic mass is 32.1. The van der Waals surface area contributed by atoms with Gasteiger partial charge in [-0.05, 0) is 68.8 Å². The molecule has 0 saturated carbocycles. The zero-order chi connectivity index (χ0) is 21.3. The fraction of sp³-hybridized carbons (Fsp3) is 0.583. The number of nitrogens with zero attached hydrogens (tertiary/aromatic N) is 2. The number of rotatable bonds is 8. The van der Waals surface area contributed by atoms with E-state index in [-0.39, 0.29) is 11.5 Å². The van der Waals surface area contributed by atoms with Crippen LogP contribution in [0.5, 0.6) is 0 Å². The van der Waals surface area contributed by atoms with Gasteiger partial charge in [-0.2, -0.15) is 0 Å². The van der Waals surface area contributed by atoms with Gasteiger partial charge in [-0.25, -0.2) is 0 Å². The molecule has 30 heavy (non-hydrogen) atoms. The van der Waals surface area contributed by atoms with Crippen molar-refractivity contribution in [3.05, 3.63) is 53.5 Å². The summed E-state index contributed by atoms with van der Waals surface area (Å²) in [5.41, 5.74) is 12.7. The summed E-state index contributed by atoms with van der Waals surface area (Å²) < 4.78 is 5.73. The fourth-order valence-corrected chi connectivity index (χ4v) is 5.19. The Labute approximate surface area is 186 Å². The summed E-state index contributed by atoms with van der Waals surface area (Å²) >= 11 is 4.51. The average molecular weight is 429 g/mol. The molecule has 4 unspecified atom stereocenters. The van der Waals surface area contributed by atoms with Gasteiger partial charge in [-0.15, -0.1) is 12.6 Å².